The molecule has 1 unspecified atom stereocenters. The zero-order valence-electron chi connectivity index (χ0n) is 12.1. The Morgan fingerprint density at radius 2 is 1.90 bits per heavy atom. The van der Waals surface area contributed by atoms with Crippen LogP contribution >= 0.6 is 11.6 Å². The SMILES string of the molecule is NC1CNCCc2c1ccc(Cl)c2CCc1ccccc1. The summed E-state index contributed by atoms with van der Waals surface area (Å²) >= 11 is 6.47. The van der Waals surface area contributed by atoms with E-state index in [4.69, 9.17) is 17.3 Å². The zero-order valence-corrected chi connectivity index (χ0v) is 12.9. The number of rotatable bonds is 3. The largest absolute Gasteiger partial charge is 0.323 e. The Bertz CT molecular complexity index is 610. The molecule has 21 heavy (non-hydrogen) atoms. The highest BCUT2D eigenvalue weighted by Crippen LogP contribution is 2.29. The van der Waals surface area contributed by atoms with E-state index in [1.165, 1.54) is 22.3 Å². The molecule has 0 spiro atoms. The van der Waals surface area contributed by atoms with Gasteiger partial charge in [-0.25, -0.2) is 0 Å². The van der Waals surface area contributed by atoms with Crippen LogP contribution in [-0.2, 0) is 19.3 Å². The second kappa shape index (κ2) is 6.61. The number of hydrogen-bond acceptors (Lipinski definition) is 2. The number of fused-ring (bicyclic) bond motifs is 1. The minimum Gasteiger partial charge on any atom is -0.323 e. The van der Waals surface area contributed by atoms with Crippen LogP contribution in [0.15, 0.2) is 42.5 Å². The highest BCUT2D eigenvalue weighted by atomic mass is 35.5. The van der Waals surface area contributed by atoms with E-state index in [1.54, 1.807) is 0 Å². The van der Waals surface area contributed by atoms with E-state index in [9.17, 15) is 0 Å². The lowest BCUT2D eigenvalue weighted by molar-refractivity contribution is 0.626. The molecule has 0 amide bonds. The Hall–Kier alpha value is -1.35. The molecule has 3 rings (SSSR count). The molecule has 0 aliphatic carbocycles. The summed E-state index contributed by atoms with van der Waals surface area (Å²) in [7, 11) is 0. The van der Waals surface area contributed by atoms with Crippen LogP contribution in [0.25, 0.3) is 0 Å². The van der Waals surface area contributed by atoms with Gasteiger partial charge in [0.2, 0.25) is 0 Å². The highest BCUT2D eigenvalue weighted by Gasteiger charge is 2.19. The van der Waals surface area contributed by atoms with E-state index in [0.717, 1.165) is 37.4 Å². The van der Waals surface area contributed by atoms with Crippen LogP contribution in [0.2, 0.25) is 5.02 Å². The Morgan fingerprint density at radius 1 is 1.10 bits per heavy atom. The number of aryl methyl sites for hydroxylation is 1. The van der Waals surface area contributed by atoms with Crippen LogP contribution in [0.5, 0.6) is 0 Å². The van der Waals surface area contributed by atoms with Crippen LogP contribution in [0.3, 0.4) is 0 Å². The lowest BCUT2D eigenvalue weighted by Crippen LogP contribution is -2.25. The van der Waals surface area contributed by atoms with Gasteiger partial charge in [-0.15, -0.1) is 0 Å². The Morgan fingerprint density at radius 3 is 2.71 bits per heavy atom. The molecule has 110 valence electrons. The second-order valence-electron chi connectivity index (χ2n) is 5.64. The number of benzene rings is 2. The predicted molar refractivity (Wildman–Crippen MR) is 88.8 cm³/mol. The van der Waals surface area contributed by atoms with Gasteiger partial charge in [0.15, 0.2) is 0 Å². The molecule has 0 saturated heterocycles. The van der Waals surface area contributed by atoms with Gasteiger partial charge in [-0.3, -0.25) is 0 Å². The fourth-order valence-corrected chi connectivity index (χ4v) is 3.36. The first kappa shape index (κ1) is 14.6. The van der Waals surface area contributed by atoms with Crippen LogP contribution < -0.4 is 11.1 Å². The third kappa shape index (κ3) is 3.29. The van der Waals surface area contributed by atoms with Gasteiger partial charge < -0.3 is 11.1 Å². The molecule has 2 aromatic rings. The molecule has 0 fully saturated rings. The van der Waals surface area contributed by atoms with E-state index >= 15 is 0 Å². The lowest BCUT2D eigenvalue weighted by Gasteiger charge is -2.17. The Kier molecular flexibility index (Phi) is 4.59. The van der Waals surface area contributed by atoms with Gasteiger partial charge in [-0.2, -0.15) is 0 Å². The lowest BCUT2D eigenvalue weighted by atomic mass is 9.91. The average molecular weight is 301 g/mol. The summed E-state index contributed by atoms with van der Waals surface area (Å²) in [6.07, 6.45) is 2.99. The normalized spacial score (nSPS) is 18.1. The first-order valence-electron chi connectivity index (χ1n) is 7.56. The standard InChI is InChI=1S/C18H21ClN2/c19-17-9-8-16-14(10-11-21-12-18(16)20)15(17)7-6-13-4-2-1-3-5-13/h1-5,8-9,18,21H,6-7,10-12,20H2. The van der Waals surface area contributed by atoms with E-state index in [-0.39, 0.29) is 6.04 Å². The summed E-state index contributed by atoms with van der Waals surface area (Å²) in [6.45, 7) is 1.81. The molecule has 0 bridgehead atoms. The minimum atomic E-state index is 0.0650. The first-order valence-corrected chi connectivity index (χ1v) is 7.94. The molecule has 1 aliphatic rings. The maximum absolute atomic E-state index is 6.47. The van der Waals surface area contributed by atoms with Crippen molar-refractivity contribution in [3.8, 4) is 0 Å². The monoisotopic (exact) mass is 300 g/mol. The van der Waals surface area contributed by atoms with Crippen molar-refractivity contribution in [2.75, 3.05) is 13.1 Å². The van der Waals surface area contributed by atoms with Crippen LogP contribution in [-0.4, -0.2) is 13.1 Å². The fourth-order valence-electron chi connectivity index (χ4n) is 3.09. The van der Waals surface area contributed by atoms with Crippen molar-refractivity contribution in [2.45, 2.75) is 25.3 Å². The topological polar surface area (TPSA) is 38.0 Å². The minimum absolute atomic E-state index is 0.0650. The second-order valence-corrected chi connectivity index (χ2v) is 6.05. The maximum atomic E-state index is 6.47. The molecule has 1 atom stereocenters. The molecular weight excluding hydrogens is 280 g/mol. The number of hydrogen-bond donors (Lipinski definition) is 2. The molecule has 1 heterocycles. The predicted octanol–water partition coefficient (Wildman–Crippen LogP) is 3.27. The summed E-state index contributed by atoms with van der Waals surface area (Å²) in [5.74, 6) is 0. The van der Waals surface area contributed by atoms with Gasteiger partial charge in [0, 0.05) is 17.6 Å². The summed E-state index contributed by atoms with van der Waals surface area (Å²) in [5, 5.41) is 4.27. The number of halogens is 1. The van der Waals surface area contributed by atoms with Gasteiger partial charge in [0.25, 0.3) is 0 Å². The molecule has 3 N–H and O–H groups in total. The summed E-state index contributed by atoms with van der Waals surface area (Å²) in [5.41, 5.74) is 11.5. The van der Waals surface area contributed by atoms with Crippen LogP contribution in [0, 0.1) is 0 Å². The van der Waals surface area contributed by atoms with E-state index in [2.05, 4.69) is 41.7 Å². The number of nitrogens with two attached hydrogens (primary N) is 1. The van der Waals surface area contributed by atoms with Crippen LogP contribution in [0.4, 0.5) is 0 Å². The molecule has 1 aliphatic heterocycles. The third-order valence-corrected chi connectivity index (χ3v) is 4.59. The van der Waals surface area contributed by atoms with Crippen molar-refractivity contribution in [2.24, 2.45) is 5.73 Å². The molecule has 0 radical (unpaired) electrons. The zero-order chi connectivity index (χ0) is 14.7. The maximum Gasteiger partial charge on any atom is 0.0441 e. The van der Waals surface area contributed by atoms with Crippen molar-refractivity contribution in [3.05, 3.63) is 69.7 Å². The van der Waals surface area contributed by atoms with Gasteiger partial charge >= 0.3 is 0 Å². The van der Waals surface area contributed by atoms with Gasteiger partial charge in [-0.1, -0.05) is 48.0 Å². The smallest absolute Gasteiger partial charge is 0.0441 e. The average Bonchev–Trinajstić information content (AvgIpc) is 2.69. The Balaban J connectivity index is 1.89. The van der Waals surface area contributed by atoms with Crippen molar-refractivity contribution < 1.29 is 0 Å². The van der Waals surface area contributed by atoms with Crippen molar-refractivity contribution in [3.63, 3.8) is 0 Å². The van der Waals surface area contributed by atoms with Gasteiger partial charge in [0.1, 0.15) is 0 Å². The summed E-state index contributed by atoms with van der Waals surface area (Å²) in [6, 6.07) is 14.7. The highest BCUT2D eigenvalue weighted by molar-refractivity contribution is 6.31. The molecule has 2 aromatic carbocycles. The molecule has 3 heteroatoms. The van der Waals surface area contributed by atoms with Crippen molar-refractivity contribution in [1.29, 1.82) is 0 Å². The molecule has 0 saturated carbocycles. The van der Waals surface area contributed by atoms with Gasteiger partial charge in [-0.05, 0) is 54.1 Å². The van der Waals surface area contributed by atoms with Gasteiger partial charge in [0.05, 0.1) is 0 Å². The van der Waals surface area contributed by atoms with E-state index in [0.29, 0.717) is 0 Å². The first-order chi connectivity index (χ1) is 10.3. The summed E-state index contributed by atoms with van der Waals surface area (Å²) < 4.78 is 0. The number of nitrogens with one attached hydrogen (secondary N) is 1. The van der Waals surface area contributed by atoms with Crippen molar-refractivity contribution >= 4 is 11.6 Å². The molecule has 2 nitrogen and oxygen atoms in total. The van der Waals surface area contributed by atoms with E-state index < -0.39 is 0 Å². The quantitative estimate of drug-likeness (QED) is 0.913. The summed E-state index contributed by atoms with van der Waals surface area (Å²) in [4.78, 5) is 0. The van der Waals surface area contributed by atoms with E-state index in [1.807, 2.05) is 6.07 Å². The van der Waals surface area contributed by atoms with Crippen LogP contribution in [0.1, 0.15) is 28.3 Å². The third-order valence-electron chi connectivity index (χ3n) is 4.23. The van der Waals surface area contributed by atoms with Crippen molar-refractivity contribution in [1.82, 2.24) is 5.32 Å². The molecule has 0 aromatic heterocycles. The fraction of sp³-hybridized carbons (Fsp3) is 0.333. The Labute approximate surface area is 131 Å². The molecular formula is C18H21ClN2.